The summed E-state index contributed by atoms with van der Waals surface area (Å²) in [6, 6.07) is 7.00. The number of rotatable bonds is 2. The quantitative estimate of drug-likeness (QED) is 0.885. The van der Waals surface area contributed by atoms with E-state index >= 15 is 0 Å². The second-order valence-corrected chi connectivity index (χ2v) is 5.88. The van der Waals surface area contributed by atoms with Crippen LogP contribution in [-0.4, -0.2) is 25.3 Å². The van der Waals surface area contributed by atoms with Crippen molar-refractivity contribution in [2.75, 3.05) is 13.1 Å². The van der Waals surface area contributed by atoms with Gasteiger partial charge in [-0.25, -0.2) is 4.39 Å². The molecular formula is C16H22FNO. The highest BCUT2D eigenvalue weighted by Crippen LogP contribution is 2.38. The van der Waals surface area contributed by atoms with Gasteiger partial charge >= 0.3 is 0 Å². The Bertz CT molecular complexity index is 419. The minimum absolute atomic E-state index is 0.158. The minimum Gasteiger partial charge on any atom is -0.375 e. The van der Waals surface area contributed by atoms with Gasteiger partial charge in [-0.15, -0.1) is 0 Å². The highest BCUT2D eigenvalue weighted by Gasteiger charge is 2.36. The van der Waals surface area contributed by atoms with E-state index in [2.05, 4.69) is 12.2 Å². The van der Waals surface area contributed by atoms with E-state index in [-0.39, 0.29) is 5.82 Å². The van der Waals surface area contributed by atoms with Gasteiger partial charge in [-0.3, -0.25) is 0 Å². The highest BCUT2D eigenvalue weighted by molar-refractivity contribution is 5.23. The Labute approximate surface area is 114 Å². The third-order valence-electron chi connectivity index (χ3n) is 4.58. The molecule has 0 amide bonds. The molecule has 0 bridgehead atoms. The second kappa shape index (κ2) is 5.59. The summed E-state index contributed by atoms with van der Waals surface area (Å²) in [6.07, 6.45) is 4.27. The molecule has 2 nitrogen and oxygen atoms in total. The Balaban J connectivity index is 1.78. The first-order valence-corrected chi connectivity index (χ1v) is 7.35. The van der Waals surface area contributed by atoms with Gasteiger partial charge in [0.1, 0.15) is 5.82 Å². The van der Waals surface area contributed by atoms with E-state index in [4.69, 9.17) is 4.74 Å². The largest absolute Gasteiger partial charge is 0.375 e. The van der Waals surface area contributed by atoms with Gasteiger partial charge in [-0.1, -0.05) is 12.1 Å². The van der Waals surface area contributed by atoms with Crippen LogP contribution in [-0.2, 0) is 4.74 Å². The number of halogens is 1. The molecule has 0 radical (unpaired) electrons. The predicted octanol–water partition coefficient (Wildman–Crippen LogP) is 3.09. The summed E-state index contributed by atoms with van der Waals surface area (Å²) in [5.41, 5.74) is 1.24. The molecule has 3 rings (SSSR count). The van der Waals surface area contributed by atoms with E-state index in [0.717, 1.165) is 19.5 Å². The molecule has 104 valence electrons. The van der Waals surface area contributed by atoms with E-state index < -0.39 is 0 Å². The Kier molecular flexibility index (Phi) is 3.85. The van der Waals surface area contributed by atoms with Crippen molar-refractivity contribution >= 4 is 0 Å². The first kappa shape index (κ1) is 13.1. The van der Waals surface area contributed by atoms with E-state index in [0.29, 0.717) is 24.0 Å². The Morgan fingerprint density at radius 1 is 1.16 bits per heavy atom. The molecule has 4 unspecified atom stereocenters. The molecule has 2 aliphatic heterocycles. The summed E-state index contributed by atoms with van der Waals surface area (Å²) >= 11 is 0. The smallest absolute Gasteiger partial charge is 0.123 e. The summed E-state index contributed by atoms with van der Waals surface area (Å²) in [5, 5.41) is 3.46. The van der Waals surface area contributed by atoms with Crippen molar-refractivity contribution in [3.63, 3.8) is 0 Å². The molecule has 0 aliphatic carbocycles. The van der Waals surface area contributed by atoms with Gasteiger partial charge in [-0.05, 0) is 56.3 Å². The molecule has 0 aromatic heterocycles. The average molecular weight is 263 g/mol. The maximum absolute atomic E-state index is 13.1. The van der Waals surface area contributed by atoms with Crippen molar-refractivity contribution < 1.29 is 9.13 Å². The van der Waals surface area contributed by atoms with Crippen LogP contribution in [0.15, 0.2) is 24.3 Å². The van der Waals surface area contributed by atoms with Gasteiger partial charge in [0.15, 0.2) is 0 Å². The van der Waals surface area contributed by atoms with Crippen LogP contribution in [0.25, 0.3) is 0 Å². The zero-order chi connectivity index (χ0) is 13.2. The first-order valence-electron chi connectivity index (χ1n) is 7.35. The highest BCUT2D eigenvalue weighted by atomic mass is 19.1. The standard InChI is InChI=1S/C16H22FNO/c1-11-2-7-16(19-11)14-8-9-18-10-15(14)12-3-5-13(17)6-4-12/h3-6,11,14-16,18H,2,7-10H2,1H3. The van der Waals surface area contributed by atoms with E-state index in [1.165, 1.54) is 18.4 Å². The van der Waals surface area contributed by atoms with Crippen molar-refractivity contribution in [1.29, 1.82) is 0 Å². The Morgan fingerprint density at radius 3 is 2.63 bits per heavy atom. The van der Waals surface area contributed by atoms with Crippen LogP contribution in [0, 0.1) is 11.7 Å². The third kappa shape index (κ3) is 2.82. The minimum atomic E-state index is -0.158. The lowest BCUT2D eigenvalue weighted by Crippen LogP contribution is -2.40. The van der Waals surface area contributed by atoms with Gasteiger partial charge in [0.25, 0.3) is 0 Å². The van der Waals surface area contributed by atoms with Crippen LogP contribution in [0.3, 0.4) is 0 Å². The van der Waals surface area contributed by atoms with Crippen molar-refractivity contribution in [1.82, 2.24) is 5.32 Å². The van der Waals surface area contributed by atoms with Crippen LogP contribution >= 0.6 is 0 Å². The summed E-state index contributed by atoms with van der Waals surface area (Å²) in [4.78, 5) is 0. The molecule has 2 fully saturated rings. The molecule has 2 heterocycles. The summed E-state index contributed by atoms with van der Waals surface area (Å²) in [5.74, 6) is 0.858. The third-order valence-corrected chi connectivity index (χ3v) is 4.58. The summed E-state index contributed by atoms with van der Waals surface area (Å²) in [7, 11) is 0. The summed E-state index contributed by atoms with van der Waals surface area (Å²) < 4.78 is 19.1. The van der Waals surface area contributed by atoms with Gasteiger partial charge in [0, 0.05) is 12.5 Å². The van der Waals surface area contributed by atoms with Crippen molar-refractivity contribution in [3.8, 4) is 0 Å². The van der Waals surface area contributed by atoms with Crippen LogP contribution in [0.1, 0.15) is 37.7 Å². The first-order chi connectivity index (χ1) is 9.24. The molecule has 3 heteroatoms. The number of hydrogen-bond donors (Lipinski definition) is 1. The number of nitrogens with one attached hydrogen (secondary N) is 1. The maximum atomic E-state index is 13.1. The molecule has 1 N–H and O–H groups in total. The van der Waals surface area contributed by atoms with Crippen molar-refractivity contribution in [3.05, 3.63) is 35.6 Å². The lowest BCUT2D eigenvalue weighted by molar-refractivity contribution is 0.00348. The molecule has 4 atom stereocenters. The van der Waals surface area contributed by atoms with Gasteiger partial charge in [0.05, 0.1) is 12.2 Å². The second-order valence-electron chi connectivity index (χ2n) is 5.88. The van der Waals surface area contributed by atoms with Crippen LogP contribution in [0.5, 0.6) is 0 Å². The molecule has 0 saturated carbocycles. The normalized spacial score (nSPS) is 35.5. The van der Waals surface area contributed by atoms with E-state index in [9.17, 15) is 4.39 Å². The molecule has 19 heavy (non-hydrogen) atoms. The number of piperidine rings is 1. The van der Waals surface area contributed by atoms with Gasteiger partial charge in [-0.2, -0.15) is 0 Å². The molecule has 1 aromatic carbocycles. The van der Waals surface area contributed by atoms with Crippen LogP contribution < -0.4 is 5.32 Å². The zero-order valence-corrected chi connectivity index (χ0v) is 11.4. The van der Waals surface area contributed by atoms with Crippen LogP contribution in [0.4, 0.5) is 4.39 Å². The molecule has 2 aliphatic rings. The fraction of sp³-hybridized carbons (Fsp3) is 0.625. The lowest BCUT2D eigenvalue weighted by Gasteiger charge is -2.36. The number of ether oxygens (including phenoxy) is 1. The van der Waals surface area contributed by atoms with Crippen LogP contribution in [0.2, 0.25) is 0 Å². The molecular weight excluding hydrogens is 241 g/mol. The maximum Gasteiger partial charge on any atom is 0.123 e. The van der Waals surface area contributed by atoms with E-state index in [1.807, 2.05) is 12.1 Å². The monoisotopic (exact) mass is 263 g/mol. The lowest BCUT2D eigenvalue weighted by atomic mass is 9.77. The molecule has 1 aromatic rings. The van der Waals surface area contributed by atoms with Gasteiger partial charge < -0.3 is 10.1 Å². The topological polar surface area (TPSA) is 21.3 Å². The Morgan fingerprint density at radius 2 is 1.95 bits per heavy atom. The average Bonchev–Trinajstić information content (AvgIpc) is 2.86. The van der Waals surface area contributed by atoms with E-state index in [1.54, 1.807) is 12.1 Å². The fourth-order valence-electron chi connectivity index (χ4n) is 3.55. The van der Waals surface area contributed by atoms with Gasteiger partial charge in [0.2, 0.25) is 0 Å². The van der Waals surface area contributed by atoms with Crippen molar-refractivity contribution in [2.45, 2.75) is 44.3 Å². The number of hydrogen-bond acceptors (Lipinski definition) is 2. The Hall–Kier alpha value is -0.930. The predicted molar refractivity (Wildman–Crippen MR) is 73.7 cm³/mol. The summed E-state index contributed by atoms with van der Waals surface area (Å²) in [6.45, 7) is 4.20. The zero-order valence-electron chi connectivity index (χ0n) is 11.4. The SMILES string of the molecule is CC1CCC(C2CCNCC2c2ccc(F)cc2)O1. The van der Waals surface area contributed by atoms with Crippen molar-refractivity contribution in [2.24, 2.45) is 5.92 Å². The number of benzene rings is 1. The molecule has 0 spiro atoms. The fourth-order valence-corrected chi connectivity index (χ4v) is 3.55. The molecule has 2 saturated heterocycles.